The summed E-state index contributed by atoms with van der Waals surface area (Å²) in [6, 6.07) is 18.3. The Labute approximate surface area is 403 Å². The molecule has 0 saturated heterocycles. The number of aromatic nitrogens is 4. The second-order valence-electron chi connectivity index (χ2n) is 14.0. The number of rotatable bonds is 17. The van der Waals surface area contributed by atoms with Crippen LogP contribution in [0.5, 0.6) is 11.5 Å². The average molecular weight is 1030 g/mol. The van der Waals surface area contributed by atoms with Gasteiger partial charge in [-0.05, 0) is 105 Å². The third kappa shape index (κ3) is 20.6. The molecule has 4 N–H and O–H groups in total. The van der Waals surface area contributed by atoms with E-state index < -0.39 is 23.5 Å². The van der Waals surface area contributed by atoms with Gasteiger partial charge in [0, 0.05) is 70.6 Å². The molecule has 0 amide bonds. The summed E-state index contributed by atoms with van der Waals surface area (Å²) in [7, 11) is 0. The van der Waals surface area contributed by atoms with Crippen molar-refractivity contribution < 1.29 is 45.4 Å². The second-order valence-corrected chi connectivity index (χ2v) is 15.9. The van der Waals surface area contributed by atoms with Gasteiger partial charge in [0.2, 0.25) is 0 Å². The molecule has 0 saturated carbocycles. The van der Waals surface area contributed by atoms with Crippen LogP contribution in [0.2, 0.25) is 0 Å². The lowest BCUT2D eigenvalue weighted by Gasteiger charge is -2.15. The van der Waals surface area contributed by atoms with Gasteiger partial charge in [0.1, 0.15) is 11.5 Å². The summed E-state index contributed by atoms with van der Waals surface area (Å²) in [4.78, 5) is 37.6. The minimum absolute atomic E-state index is 0.0584. The van der Waals surface area contributed by atoms with Gasteiger partial charge in [-0.3, -0.25) is 24.5 Å². The predicted octanol–water partition coefficient (Wildman–Crippen LogP) is 13.4. The average Bonchev–Trinajstić information content (AvgIpc) is 3.79. The number of ketones is 2. The number of Topliss-reactive ketones (excluding diaryl/α,β-unsaturated/α-hetero) is 2. The number of unbranched alkanes of at least 4 members (excludes halogenated alkanes) is 4. The van der Waals surface area contributed by atoms with Crippen molar-refractivity contribution in [1.82, 2.24) is 19.9 Å². The highest BCUT2D eigenvalue weighted by Crippen LogP contribution is 2.40. The first-order valence-electron chi connectivity index (χ1n) is 20.7. The van der Waals surface area contributed by atoms with Crippen LogP contribution in [0, 0.1) is 0 Å². The third-order valence-corrected chi connectivity index (χ3v) is 10.1. The van der Waals surface area contributed by atoms with Crippen molar-refractivity contribution >= 4 is 72.7 Å². The monoisotopic (exact) mass is 1030 g/mol. The second kappa shape index (κ2) is 28.9. The van der Waals surface area contributed by atoms with Crippen molar-refractivity contribution in [2.75, 3.05) is 29.2 Å². The van der Waals surface area contributed by atoms with Gasteiger partial charge in [-0.25, -0.2) is 4.98 Å². The van der Waals surface area contributed by atoms with Crippen molar-refractivity contribution in [1.29, 1.82) is 0 Å². The van der Waals surface area contributed by atoms with E-state index >= 15 is 0 Å². The molecule has 0 radical (unpaired) electrons. The highest BCUT2D eigenvalue weighted by Gasteiger charge is 2.36. The fourth-order valence-electron chi connectivity index (χ4n) is 5.40. The van der Waals surface area contributed by atoms with Gasteiger partial charge < -0.3 is 25.8 Å². The number of hydrogen-bond donors (Lipinski definition) is 3. The molecule has 6 aromatic rings. The highest BCUT2D eigenvalue weighted by molar-refractivity contribution is 9.09. The number of nitrogens with one attached hydrogen (secondary N) is 2. The van der Waals surface area contributed by atoms with Gasteiger partial charge in [0.15, 0.2) is 21.8 Å². The molecule has 67 heavy (non-hydrogen) atoms. The Hall–Kier alpha value is -5.99. The quantitative estimate of drug-likeness (QED) is 0.0262. The Morgan fingerprint density at radius 2 is 1.24 bits per heavy atom. The number of thiocarbonyl (C=S) groups is 1. The van der Waals surface area contributed by atoms with E-state index in [-0.39, 0.29) is 47.1 Å². The molecular formula is C47H50BrF6N7O4S2. The van der Waals surface area contributed by atoms with Gasteiger partial charge in [-0.1, -0.05) is 55.5 Å². The normalized spacial score (nSPS) is 10.7. The van der Waals surface area contributed by atoms with E-state index in [9.17, 15) is 35.9 Å². The number of nitrogens with zero attached hydrogens (tertiary/aromatic N) is 4. The van der Waals surface area contributed by atoms with Crippen LogP contribution in [0.4, 0.5) is 42.8 Å². The number of benzene rings is 2. The number of nitrogens with two attached hydrogens (primary N) is 1. The summed E-state index contributed by atoms with van der Waals surface area (Å²) in [5.74, 6) is -0.206. The lowest BCUT2D eigenvalue weighted by Crippen LogP contribution is -2.19. The summed E-state index contributed by atoms with van der Waals surface area (Å²) >= 11 is 8.99. The molecule has 0 spiro atoms. The molecule has 0 unspecified atom stereocenters. The number of alkyl halides is 7. The molecule has 4 heterocycles. The molecule has 358 valence electrons. The molecule has 0 aliphatic carbocycles. The minimum atomic E-state index is -4.50. The molecule has 0 aliphatic rings. The van der Waals surface area contributed by atoms with Crippen LogP contribution >= 0.6 is 39.5 Å². The van der Waals surface area contributed by atoms with Crippen LogP contribution in [0.1, 0.15) is 91.1 Å². The van der Waals surface area contributed by atoms with Gasteiger partial charge in [0.25, 0.3) is 0 Å². The topological polar surface area (TPSA) is 154 Å². The maximum absolute atomic E-state index is 13.4. The van der Waals surface area contributed by atoms with E-state index in [0.717, 1.165) is 56.2 Å². The molecule has 0 bridgehead atoms. The number of hydrogen-bond acceptors (Lipinski definition) is 11. The van der Waals surface area contributed by atoms with Crippen molar-refractivity contribution in [2.45, 2.75) is 71.6 Å². The first-order valence-corrected chi connectivity index (χ1v) is 23.1. The Kier molecular flexibility index (Phi) is 23.9. The number of thiazole rings is 1. The third-order valence-electron chi connectivity index (χ3n) is 8.73. The zero-order valence-corrected chi connectivity index (χ0v) is 40.0. The molecule has 0 fully saturated rings. The molecule has 20 heteroatoms. The molecule has 4 aromatic heterocycles. The first-order chi connectivity index (χ1) is 32.0. The molecule has 6 rings (SSSR count). The van der Waals surface area contributed by atoms with Crippen molar-refractivity contribution in [3.8, 4) is 22.8 Å². The largest absolute Gasteiger partial charge is 0.493 e. The van der Waals surface area contributed by atoms with Gasteiger partial charge in [0.05, 0.1) is 35.4 Å². The van der Waals surface area contributed by atoms with E-state index in [2.05, 4.69) is 58.7 Å². The Morgan fingerprint density at radius 3 is 1.67 bits per heavy atom. The smallest absolute Gasteiger partial charge is 0.420 e. The fraction of sp³-hybridized carbons (Fsp3) is 0.298. The van der Waals surface area contributed by atoms with E-state index in [4.69, 9.17) is 15.2 Å². The maximum atomic E-state index is 13.4. The zero-order valence-electron chi connectivity index (χ0n) is 36.8. The van der Waals surface area contributed by atoms with Crippen molar-refractivity contribution in [3.63, 3.8) is 0 Å². The maximum Gasteiger partial charge on any atom is 0.420 e. The number of carbonyl (C=O) groups is 2. The van der Waals surface area contributed by atoms with Gasteiger partial charge >= 0.3 is 12.4 Å². The van der Waals surface area contributed by atoms with Gasteiger partial charge in [-0.2, -0.15) is 26.3 Å². The molecule has 2 aromatic carbocycles. The zero-order chi connectivity index (χ0) is 49.2. The van der Waals surface area contributed by atoms with E-state index in [1.807, 2.05) is 25.3 Å². The van der Waals surface area contributed by atoms with Crippen LogP contribution < -0.4 is 25.8 Å². The SMILES string of the molecule is CC(=O)c1cccnc1.CCCCCOc1ccc(NC(N)=S)cc1C(F)(F)F.CCCCCOc1ccc(Nc2nc(-c3cccnc3)cs2)cc1C(F)(F)F.O=C(CBr)c1cccnc1. The molecule has 0 aliphatic heterocycles. The molecule has 0 atom stereocenters. The molecule has 11 nitrogen and oxygen atoms in total. The number of anilines is 3. The van der Waals surface area contributed by atoms with Crippen LogP contribution in [0.25, 0.3) is 11.3 Å². The Morgan fingerprint density at radius 1 is 0.731 bits per heavy atom. The van der Waals surface area contributed by atoms with Gasteiger partial charge in [-0.15, -0.1) is 11.3 Å². The highest BCUT2D eigenvalue weighted by atomic mass is 79.9. The summed E-state index contributed by atoms with van der Waals surface area (Å²) in [5.41, 5.74) is 6.98. The Balaban J connectivity index is 0.000000263. The van der Waals surface area contributed by atoms with E-state index in [0.29, 0.717) is 33.0 Å². The molecular weight excluding hydrogens is 985 g/mol. The summed E-state index contributed by atoms with van der Waals surface area (Å²) < 4.78 is 89.8. The van der Waals surface area contributed by atoms with E-state index in [1.54, 1.807) is 73.6 Å². The predicted molar refractivity (Wildman–Crippen MR) is 259 cm³/mol. The number of halogens is 7. The number of carbonyl (C=O) groups excluding carboxylic acids is 2. The summed E-state index contributed by atoms with van der Waals surface area (Å²) in [6.07, 6.45) is 6.01. The number of pyridine rings is 3. The van der Waals surface area contributed by atoms with Crippen molar-refractivity contribution in [2.24, 2.45) is 5.73 Å². The Bertz CT molecular complexity index is 2420. The lowest BCUT2D eigenvalue weighted by atomic mass is 10.1. The van der Waals surface area contributed by atoms with Crippen LogP contribution in [-0.2, 0) is 12.4 Å². The van der Waals surface area contributed by atoms with Crippen LogP contribution in [0.15, 0.2) is 115 Å². The summed E-state index contributed by atoms with van der Waals surface area (Å²) in [5, 5.41) is 8.02. The first kappa shape index (κ1) is 55.3. The van der Waals surface area contributed by atoms with E-state index in [1.165, 1.54) is 36.5 Å². The minimum Gasteiger partial charge on any atom is -0.493 e. The van der Waals surface area contributed by atoms with Crippen LogP contribution in [0.3, 0.4) is 0 Å². The van der Waals surface area contributed by atoms with Crippen LogP contribution in [-0.4, -0.2) is 55.2 Å². The lowest BCUT2D eigenvalue weighted by molar-refractivity contribution is -0.139. The fourth-order valence-corrected chi connectivity index (χ4v) is 6.58. The summed E-state index contributed by atoms with van der Waals surface area (Å²) in [6.45, 7) is 6.10. The van der Waals surface area contributed by atoms with Crippen molar-refractivity contribution in [3.05, 3.63) is 138 Å². The standard InChI is InChI=1S/C20H20F3N3OS.C13H17F3N2OS.C7H6BrNO.C7H7NO/c1-2-3-4-10-27-18-8-7-15(11-16(18)20(21,22)23)25-19-26-17(13-28-19)14-6-5-9-24-12-14;1-2-3-4-7-19-11-6-5-9(18-12(17)20)8-10(11)13(14,15)16;8-4-7(10)6-2-1-3-9-5-6;1-6(9)7-3-2-4-8-5-7/h5-9,11-13H,2-4,10H2,1H3,(H,25,26);5-6,8H,2-4,7H2,1H3,(H3,17,18,20);1-3,5H,4H2;2-5H,1H3. The number of ether oxygens (including phenoxy) is 2.